The molecule has 0 spiro atoms. The Bertz CT molecular complexity index is 875. The third kappa shape index (κ3) is 2.94. The molecule has 3 aliphatic rings. The van der Waals surface area contributed by atoms with E-state index in [4.69, 9.17) is 4.98 Å². The van der Waals surface area contributed by atoms with Gasteiger partial charge in [0.15, 0.2) is 11.5 Å². The highest BCUT2D eigenvalue weighted by Crippen LogP contribution is 2.33. The third-order valence-electron chi connectivity index (χ3n) is 6.21. The summed E-state index contributed by atoms with van der Waals surface area (Å²) in [6, 6.07) is -0.0293. The average molecular weight is 366 g/mol. The van der Waals surface area contributed by atoms with Gasteiger partial charge in [-0.15, -0.1) is 0 Å². The van der Waals surface area contributed by atoms with Crippen LogP contribution in [0, 0.1) is 0 Å². The molecule has 2 aromatic heterocycles. The van der Waals surface area contributed by atoms with E-state index < -0.39 is 0 Å². The molecule has 142 valence electrons. The van der Waals surface area contributed by atoms with Crippen LogP contribution in [0.2, 0.25) is 0 Å². The van der Waals surface area contributed by atoms with Crippen molar-refractivity contribution < 1.29 is 4.79 Å². The Morgan fingerprint density at radius 3 is 3.00 bits per heavy atom. The molecule has 27 heavy (non-hydrogen) atoms. The highest BCUT2D eigenvalue weighted by atomic mass is 16.2. The molecule has 1 amide bonds. The molecule has 1 unspecified atom stereocenters. The van der Waals surface area contributed by atoms with Gasteiger partial charge in [-0.25, -0.2) is 9.97 Å². The van der Waals surface area contributed by atoms with Crippen LogP contribution < -0.4 is 0 Å². The van der Waals surface area contributed by atoms with Crippen molar-refractivity contribution in [1.29, 1.82) is 0 Å². The van der Waals surface area contributed by atoms with Crippen molar-refractivity contribution >= 4 is 5.91 Å². The Morgan fingerprint density at radius 1 is 1.19 bits per heavy atom. The van der Waals surface area contributed by atoms with Crippen LogP contribution in [0.1, 0.15) is 70.6 Å². The molecule has 0 saturated carbocycles. The fourth-order valence-electron chi connectivity index (χ4n) is 4.71. The summed E-state index contributed by atoms with van der Waals surface area (Å²) in [5, 5.41) is 7.48. The number of hydrogen-bond acceptors (Lipinski definition) is 5. The molecule has 5 rings (SSSR count). The summed E-state index contributed by atoms with van der Waals surface area (Å²) in [7, 11) is 2.12. The smallest absolute Gasteiger partial charge is 0.275 e. The highest BCUT2D eigenvalue weighted by molar-refractivity contribution is 5.94. The maximum absolute atomic E-state index is 13.3. The van der Waals surface area contributed by atoms with Crippen LogP contribution in [0.4, 0.5) is 0 Å². The zero-order chi connectivity index (χ0) is 18.4. The number of likely N-dealkylation sites (N-methyl/N-ethyl adjacent to an activating group) is 1. The van der Waals surface area contributed by atoms with Gasteiger partial charge in [-0.3, -0.25) is 9.89 Å². The minimum Gasteiger partial charge on any atom is -0.327 e. The molecule has 1 atom stereocenters. The molecule has 7 nitrogen and oxygen atoms in total. The summed E-state index contributed by atoms with van der Waals surface area (Å²) < 4.78 is 0. The van der Waals surface area contributed by atoms with Gasteiger partial charge in [0.25, 0.3) is 5.91 Å². The maximum atomic E-state index is 13.3. The SMILES string of the molecule is CN1CCc2nc(C3CCCN3C(=O)c3n[nH]c4c3CCCC4)ncc2C1. The number of fused-ring (bicyclic) bond motifs is 2. The van der Waals surface area contributed by atoms with E-state index in [1.54, 1.807) is 0 Å². The van der Waals surface area contributed by atoms with Crippen molar-refractivity contribution in [2.75, 3.05) is 20.1 Å². The Hall–Kier alpha value is -2.28. The van der Waals surface area contributed by atoms with E-state index in [9.17, 15) is 4.79 Å². The van der Waals surface area contributed by atoms with E-state index in [-0.39, 0.29) is 11.9 Å². The summed E-state index contributed by atoms with van der Waals surface area (Å²) >= 11 is 0. The predicted octanol–water partition coefficient (Wildman–Crippen LogP) is 2.04. The molecule has 0 aromatic carbocycles. The van der Waals surface area contributed by atoms with Crippen molar-refractivity contribution in [3.63, 3.8) is 0 Å². The Kier molecular flexibility index (Phi) is 4.19. The second-order valence-electron chi connectivity index (χ2n) is 8.08. The molecule has 0 bridgehead atoms. The largest absolute Gasteiger partial charge is 0.327 e. The van der Waals surface area contributed by atoms with Gasteiger partial charge in [0, 0.05) is 54.8 Å². The lowest BCUT2D eigenvalue weighted by Gasteiger charge is -2.27. The molecule has 1 fully saturated rings. The number of rotatable bonds is 2. The van der Waals surface area contributed by atoms with Gasteiger partial charge in [0.05, 0.1) is 6.04 Å². The fraction of sp³-hybridized carbons (Fsp3) is 0.600. The number of hydrogen-bond donors (Lipinski definition) is 1. The van der Waals surface area contributed by atoms with Crippen LogP contribution >= 0.6 is 0 Å². The van der Waals surface area contributed by atoms with Gasteiger partial charge >= 0.3 is 0 Å². The van der Waals surface area contributed by atoms with Crippen LogP contribution in [-0.2, 0) is 25.8 Å². The van der Waals surface area contributed by atoms with Crippen molar-refractivity contribution in [2.45, 2.75) is 57.5 Å². The summed E-state index contributed by atoms with van der Waals surface area (Å²) in [5.41, 5.74) is 5.26. The van der Waals surface area contributed by atoms with E-state index in [1.165, 1.54) is 12.0 Å². The predicted molar refractivity (Wildman–Crippen MR) is 100 cm³/mol. The lowest BCUT2D eigenvalue weighted by Crippen LogP contribution is -2.33. The van der Waals surface area contributed by atoms with Crippen LogP contribution in [0.3, 0.4) is 0 Å². The molecule has 0 radical (unpaired) electrons. The van der Waals surface area contributed by atoms with E-state index >= 15 is 0 Å². The average Bonchev–Trinajstić information content (AvgIpc) is 3.34. The molecule has 1 aliphatic carbocycles. The first-order chi connectivity index (χ1) is 13.2. The number of carbonyl (C=O) groups is 1. The molecular weight excluding hydrogens is 340 g/mol. The molecule has 2 aliphatic heterocycles. The van der Waals surface area contributed by atoms with Gasteiger partial charge in [-0.05, 0) is 45.6 Å². The number of carbonyl (C=O) groups excluding carboxylic acids is 1. The number of aryl methyl sites for hydroxylation is 1. The van der Waals surface area contributed by atoms with Gasteiger partial charge < -0.3 is 9.80 Å². The van der Waals surface area contributed by atoms with Crippen LogP contribution in [0.5, 0.6) is 0 Å². The Labute approximate surface area is 159 Å². The van der Waals surface area contributed by atoms with Crippen molar-refractivity contribution in [3.05, 3.63) is 40.2 Å². The number of nitrogens with one attached hydrogen (secondary N) is 1. The third-order valence-corrected chi connectivity index (χ3v) is 6.21. The molecule has 1 saturated heterocycles. The van der Waals surface area contributed by atoms with Gasteiger partial charge in [-0.1, -0.05) is 0 Å². The lowest BCUT2D eigenvalue weighted by atomic mass is 9.95. The summed E-state index contributed by atoms with van der Waals surface area (Å²) in [4.78, 5) is 27.0. The Morgan fingerprint density at radius 2 is 2.07 bits per heavy atom. The number of amides is 1. The normalized spacial score (nSPS) is 22.6. The molecule has 4 heterocycles. The number of H-pyrrole nitrogens is 1. The van der Waals surface area contributed by atoms with Crippen LogP contribution in [0.15, 0.2) is 6.20 Å². The topological polar surface area (TPSA) is 78.0 Å². The van der Waals surface area contributed by atoms with E-state index in [0.29, 0.717) is 5.69 Å². The molecule has 7 heteroatoms. The lowest BCUT2D eigenvalue weighted by molar-refractivity contribution is 0.0722. The van der Waals surface area contributed by atoms with Crippen LogP contribution in [-0.4, -0.2) is 56.0 Å². The van der Waals surface area contributed by atoms with E-state index in [1.807, 2.05) is 11.1 Å². The number of nitrogens with zero attached hydrogens (tertiary/aromatic N) is 5. The summed E-state index contributed by atoms with van der Waals surface area (Å²) in [5.74, 6) is 0.839. The van der Waals surface area contributed by atoms with E-state index in [2.05, 4.69) is 27.1 Å². The first-order valence-electron chi connectivity index (χ1n) is 10.1. The summed E-state index contributed by atoms with van der Waals surface area (Å²) in [6.07, 6.45) is 9.10. The molecule has 1 N–H and O–H groups in total. The summed E-state index contributed by atoms with van der Waals surface area (Å²) in [6.45, 7) is 2.69. The first-order valence-corrected chi connectivity index (χ1v) is 10.1. The second-order valence-corrected chi connectivity index (χ2v) is 8.08. The fourth-order valence-corrected chi connectivity index (χ4v) is 4.71. The zero-order valence-corrected chi connectivity index (χ0v) is 15.9. The van der Waals surface area contributed by atoms with Gasteiger partial charge in [-0.2, -0.15) is 5.10 Å². The highest BCUT2D eigenvalue weighted by Gasteiger charge is 2.35. The second kappa shape index (κ2) is 6.71. The Balaban J connectivity index is 1.42. The quantitative estimate of drug-likeness (QED) is 0.880. The van der Waals surface area contributed by atoms with Crippen molar-refractivity contribution in [1.82, 2.24) is 30.0 Å². The minimum atomic E-state index is -0.0293. The maximum Gasteiger partial charge on any atom is 0.275 e. The van der Waals surface area contributed by atoms with Crippen molar-refractivity contribution in [2.24, 2.45) is 0 Å². The number of likely N-dealkylation sites (tertiary alicyclic amines) is 1. The van der Waals surface area contributed by atoms with Gasteiger partial charge in [0.2, 0.25) is 0 Å². The monoisotopic (exact) mass is 366 g/mol. The standard InChI is InChI=1S/C20H26N6O/c1-25-10-8-15-13(12-25)11-21-19(22-15)17-7-4-9-26(17)20(27)18-14-5-2-3-6-16(14)23-24-18/h11,17H,2-10,12H2,1H3,(H,23,24). The van der Waals surface area contributed by atoms with E-state index in [0.717, 1.165) is 80.9 Å². The van der Waals surface area contributed by atoms with Crippen LogP contribution in [0.25, 0.3) is 0 Å². The first kappa shape index (κ1) is 16.9. The van der Waals surface area contributed by atoms with Crippen molar-refractivity contribution in [3.8, 4) is 0 Å². The molecular formula is C20H26N6O. The number of aromatic amines is 1. The van der Waals surface area contributed by atoms with Gasteiger partial charge in [0.1, 0.15) is 0 Å². The molecule has 2 aromatic rings. The zero-order valence-electron chi connectivity index (χ0n) is 15.9. The number of aromatic nitrogens is 4. The minimum absolute atomic E-state index is 0.0293.